The number of halogens is 2. The molecule has 1 amide bonds. The summed E-state index contributed by atoms with van der Waals surface area (Å²) in [6.07, 6.45) is 23.5. The summed E-state index contributed by atoms with van der Waals surface area (Å²) in [6, 6.07) is 11.0. The molecule has 2 aromatic rings. The lowest BCUT2D eigenvalue weighted by molar-refractivity contribution is 0.0952. The van der Waals surface area contributed by atoms with Crippen molar-refractivity contribution in [1.82, 2.24) is 10.6 Å². The van der Waals surface area contributed by atoms with Crippen molar-refractivity contribution in [2.45, 2.75) is 104 Å². The zero-order valence-electron chi connectivity index (χ0n) is 27.0. The molecule has 0 saturated carbocycles. The summed E-state index contributed by atoms with van der Waals surface area (Å²) < 4.78 is 12.6. The molecule has 2 atom stereocenters. The number of hydrogen-bond acceptors (Lipinski definition) is 4. The molecule has 2 aliphatic rings. The van der Waals surface area contributed by atoms with Gasteiger partial charge in [-0.25, -0.2) is 0 Å². The maximum absolute atomic E-state index is 13.1. The summed E-state index contributed by atoms with van der Waals surface area (Å²) in [5.74, 6) is 1.44. The minimum Gasteiger partial charge on any atom is -0.485 e. The van der Waals surface area contributed by atoms with E-state index in [1.807, 2.05) is 12.1 Å². The third-order valence-electron chi connectivity index (χ3n) is 8.75. The molecule has 1 heterocycles. The maximum atomic E-state index is 13.1. The number of allylic oxidation sites excluding steroid dienone is 3. The highest BCUT2D eigenvalue weighted by molar-refractivity contribution is 6.35. The van der Waals surface area contributed by atoms with Gasteiger partial charge in [0, 0.05) is 39.3 Å². The van der Waals surface area contributed by atoms with E-state index in [0.29, 0.717) is 46.2 Å². The van der Waals surface area contributed by atoms with Gasteiger partial charge in [-0.3, -0.25) is 4.79 Å². The maximum Gasteiger partial charge on any atom is 0.251 e. The second kappa shape index (κ2) is 18.9. The second-order valence-electron chi connectivity index (χ2n) is 12.3. The van der Waals surface area contributed by atoms with Crippen LogP contribution in [-0.2, 0) is 6.61 Å². The van der Waals surface area contributed by atoms with Crippen molar-refractivity contribution in [1.29, 1.82) is 0 Å². The highest BCUT2D eigenvalue weighted by atomic mass is 35.5. The van der Waals surface area contributed by atoms with Crippen molar-refractivity contribution in [2.75, 3.05) is 13.2 Å². The van der Waals surface area contributed by atoms with Crippen LogP contribution < -0.4 is 20.1 Å². The van der Waals surface area contributed by atoms with Gasteiger partial charge in [-0.2, -0.15) is 0 Å². The number of amides is 1. The van der Waals surface area contributed by atoms with E-state index in [2.05, 4.69) is 48.8 Å². The number of unbranched alkanes of at least 4 members (excludes halogenated alkanes) is 9. The summed E-state index contributed by atoms with van der Waals surface area (Å²) in [7, 11) is 0. The molecule has 0 saturated heterocycles. The molecule has 0 fully saturated rings. The molecule has 0 radical (unpaired) electrons. The number of carbonyl (C=O) groups excluding carboxylic acids is 1. The number of nitrogens with one attached hydrogen (secondary N) is 2. The number of carbonyl (C=O) groups is 1. The highest BCUT2D eigenvalue weighted by Crippen LogP contribution is 2.32. The quantitative estimate of drug-likeness (QED) is 0.157. The number of ether oxygens (including phenoxy) is 2. The molecule has 2 aromatic carbocycles. The monoisotopic (exact) mass is 652 g/mol. The van der Waals surface area contributed by atoms with Crippen LogP contribution in [0.4, 0.5) is 0 Å². The Bertz CT molecular complexity index is 1340. The van der Waals surface area contributed by atoms with Crippen molar-refractivity contribution < 1.29 is 14.3 Å². The van der Waals surface area contributed by atoms with E-state index in [0.717, 1.165) is 36.9 Å². The van der Waals surface area contributed by atoms with Crippen molar-refractivity contribution >= 4 is 29.1 Å². The van der Waals surface area contributed by atoms with Crippen molar-refractivity contribution in [3.63, 3.8) is 0 Å². The standard InChI is InChI=1S/C38H50Cl2N2O3/c1-3-4-5-6-7-8-9-10-11-14-23-41-38(43)30-20-22-36(37(24-30)44-26-31-19-21-32(39)25-33(31)40)45-27-35-28(2)17-18-29-15-12-13-16-34(29)42-35/h12-13,15-16,19-22,24-25,29,34,42H,3-11,14,17-18,23,26-27H2,1-2H3,(H,41,43). The molecule has 5 nitrogen and oxygen atoms in total. The summed E-state index contributed by atoms with van der Waals surface area (Å²) in [5.41, 5.74) is 3.73. The largest absolute Gasteiger partial charge is 0.485 e. The van der Waals surface area contributed by atoms with Crippen LogP contribution in [0.2, 0.25) is 10.0 Å². The fourth-order valence-electron chi connectivity index (χ4n) is 5.85. The first-order valence-electron chi connectivity index (χ1n) is 16.9. The van der Waals surface area contributed by atoms with E-state index < -0.39 is 0 Å². The first kappa shape index (κ1) is 35.0. The van der Waals surface area contributed by atoms with Gasteiger partial charge in [0.15, 0.2) is 11.5 Å². The summed E-state index contributed by atoms with van der Waals surface area (Å²) >= 11 is 12.5. The molecule has 1 aliphatic heterocycles. The molecule has 2 unspecified atom stereocenters. The van der Waals surface area contributed by atoms with Crippen molar-refractivity contribution in [3.05, 3.63) is 93.1 Å². The van der Waals surface area contributed by atoms with Gasteiger partial charge >= 0.3 is 0 Å². The Morgan fingerprint density at radius 1 is 0.867 bits per heavy atom. The van der Waals surface area contributed by atoms with Crippen LogP contribution in [0.1, 0.15) is 107 Å². The van der Waals surface area contributed by atoms with E-state index in [4.69, 9.17) is 32.7 Å². The Morgan fingerprint density at radius 2 is 1.58 bits per heavy atom. The van der Waals surface area contributed by atoms with E-state index >= 15 is 0 Å². The number of rotatable bonds is 18. The van der Waals surface area contributed by atoms with Crippen LogP contribution in [0.3, 0.4) is 0 Å². The van der Waals surface area contributed by atoms with E-state index in [-0.39, 0.29) is 18.6 Å². The zero-order valence-corrected chi connectivity index (χ0v) is 28.5. The summed E-state index contributed by atoms with van der Waals surface area (Å²) in [4.78, 5) is 13.1. The fourth-order valence-corrected chi connectivity index (χ4v) is 6.31. The average Bonchev–Trinajstić information content (AvgIpc) is 3.20. The van der Waals surface area contributed by atoms with Gasteiger partial charge in [0.05, 0.1) is 6.04 Å². The Balaban J connectivity index is 1.34. The first-order valence-corrected chi connectivity index (χ1v) is 17.6. The Morgan fingerprint density at radius 3 is 2.33 bits per heavy atom. The average molecular weight is 654 g/mol. The molecule has 4 rings (SSSR count). The van der Waals surface area contributed by atoms with Crippen LogP contribution in [0.5, 0.6) is 11.5 Å². The van der Waals surface area contributed by atoms with Gasteiger partial charge in [-0.05, 0) is 56.5 Å². The third-order valence-corrected chi connectivity index (χ3v) is 9.34. The van der Waals surface area contributed by atoms with Gasteiger partial charge in [-0.15, -0.1) is 0 Å². The molecule has 2 N–H and O–H groups in total. The Kier molecular flexibility index (Phi) is 14.7. The molecular formula is C38H50Cl2N2O3. The predicted octanol–water partition coefficient (Wildman–Crippen LogP) is 10.4. The molecular weight excluding hydrogens is 603 g/mol. The van der Waals surface area contributed by atoms with E-state index in [1.54, 1.807) is 24.3 Å². The number of fused-ring (bicyclic) bond motifs is 1. The lowest BCUT2D eigenvalue weighted by Gasteiger charge is -2.25. The summed E-state index contributed by atoms with van der Waals surface area (Å²) in [5, 5.41) is 7.88. The fraction of sp³-hybridized carbons (Fsp3) is 0.500. The molecule has 244 valence electrons. The van der Waals surface area contributed by atoms with Gasteiger partial charge in [0.25, 0.3) is 5.91 Å². The van der Waals surface area contributed by atoms with Crippen molar-refractivity contribution in [3.8, 4) is 11.5 Å². The minimum atomic E-state index is -0.112. The molecule has 0 aromatic heterocycles. The Hall–Kier alpha value is -2.89. The Labute approximate surface area is 280 Å². The predicted molar refractivity (Wildman–Crippen MR) is 188 cm³/mol. The number of benzene rings is 2. The number of hydrogen-bond donors (Lipinski definition) is 2. The van der Waals surface area contributed by atoms with Gasteiger partial charge in [-0.1, -0.05) is 124 Å². The topological polar surface area (TPSA) is 59.6 Å². The smallest absolute Gasteiger partial charge is 0.251 e. The van der Waals surface area contributed by atoms with Crippen LogP contribution in [-0.4, -0.2) is 25.1 Å². The van der Waals surface area contributed by atoms with Crippen LogP contribution in [0, 0.1) is 5.92 Å². The van der Waals surface area contributed by atoms with E-state index in [9.17, 15) is 4.79 Å². The third kappa shape index (κ3) is 11.4. The minimum absolute atomic E-state index is 0.112. The normalized spacial score (nSPS) is 17.4. The van der Waals surface area contributed by atoms with Crippen LogP contribution in [0.15, 0.2) is 72.0 Å². The molecule has 7 heteroatoms. The first-order chi connectivity index (χ1) is 21.9. The zero-order chi connectivity index (χ0) is 31.9. The highest BCUT2D eigenvalue weighted by Gasteiger charge is 2.24. The van der Waals surface area contributed by atoms with Crippen LogP contribution >= 0.6 is 23.2 Å². The van der Waals surface area contributed by atoms with Gasteiger partial charge in [0.2, 0.25) is 0 Å². The molecule has 0 spiro atoms. The SMILES string of the molecule is CCCCCCCCCCCCNC(=O)c1ccc(OCC2=C(C)CCC3C=CC=CC3N2)c(OCc2ccc(Cl)cc2Cl)c1. The summed E-state index contributed by atoms with van der Waals surface area (Å²) in [6.45, 7) is 5.69. The van der Waals surface area contributed by atoms with E-state index in [1.165, 1.54) is 56.9 Å². The van der Waals surface area contributed by atoms with Crippen molar-refractivity contribution in [2.24, 2.45) is 5.92 Å². The van der Waals surface area contributed by atoms with Gasteiger partial charge < -0.3 is 20.1 Å². The van der Waals surface area contributed by atoms with Crippen LogP contribution in [0.25, 0.3) is 0 Å². The van der Waals surface area contributed by atoms with Gasteiger partial charge in [0.1, 0.15) is 13.2 Å². The molecule has 45 heavy (non-hydrogen) atoms. The lowest BCUT2D eigenvalue weighted by Crippen LogP contribution is -2.34. The molecule has 1 aliphatic carbocycles. The lowest BCUT2D eigenvalue weighted by atomic mass is 9.91. The molecule has 0 bridgehead atoms. The second-order valence-corrected chi connectivity index (χ2v) is 13.2.